The maximum Gasteiger partial charge on any atom is 0.261 e. The summed E-state index contributed by atoms with van der Waals surface area (Å²) >= 11 is 1.29. The second-order valence-corrected chi connectivity index (χ2v) is 4.43. The largest absolute Gasteiger partial charge is 0.354 e. The molecule has 0 aliphatic heterocycles. The normalized spacial score (nSPS) is 10.2. The summed E-state index contributed by atoms with van der Waals surface area (Å²) in [4.78, 5) is 15.8. The van der Waals surface area contributed by atoms with Crippen LogP contribution in [0.2, 0.25) is 0 Å². The predicted octanol–water partition coefficient (Wildman–Crippen LogP) is 1.91. The molecule has 0 bridgehead atoms. The number of carbonyl (C=O) groups is 1. The average molecular weight is 270 g/mol. The SMILES string of the molecule is COC(CNC(=O)c1ccc(CN=[N+]=[N-])s1)OC. The summed E-state index contributed by atoms with van der Waals surface area (Å²) in [6.07, 6.45) is -0.462. The van der Waals surface area contributed by atoms with Crippen LogP contribution in [0, 0.1) is 0 Å². The number of rotatable bonds is 7. The van der Waals surface area contributed by atoms with Crippen molar-refractivity contribution >= 4 is 17.2 Å². The molecule has 0 aromatic carbocycles. The van der Waals surface area contributed by atoms with Crippen LogP contribution >= 0.6 is 11.3 Å². The Morgan fingerprint density at radius 3 is 2.89 bits per heavy atom. The van der Waals surface area contributed by atoms with Crippen LogP contribution in [0.25, 0.3) is 10.4 Å². The number of ether oxygens (including phenoxy) is 2. The van der Waals surface area contributed by atoms with E-state index in [0.717, 1.165) is 4.88 Å². The fourth-order valence-electron chi connectivity index (χ4n) is 1.21. The molecule has 0 saturated carbocycles. The molecule has 1 aromatic heterocycles. The zero-order valence-electron chi connectivity index (χ0n) is 10.1. The molecule has 1 amide bonds. The number of nitrogens with zero attached hydrogens (tertiary/aromatic N) is 3. The predicted molar refractivity (Wildman–Crippen MR) is 67.3 cm³/mol. The van der Waals surface area contributed by atoms with Crippen molar-refractivity contribution in [2.24, 2.45) is 5.11 Å². The van der Waals surface area contributed by atoms with Crippen LogP contribution in [0.15, 0.2) is 17.2 Å². The molecule has 1 heterocycles. The maximum absolute atomic E-state index is 11.8. The van der Waals surface area contributed by atoms with Crippen LogP contribution in [0.4, 0.5) is 0 Å². The minimum Gasteiger partial charge on any atom is -0.354 e. The van der Waals surface area contributed by atoms with Gasteiger partial charge < -0.3 is 14.8 Å². The number of carbonyl (C=O) groups excluding carboxylic acids is 1. The van der Waals surface area contributed by atoms with Gasteiger partial charge in [0.2, 0.25) is 0 Å². The van der Waals surface area contributed by atoms with E-state index in [1.165, 1.54) is 25.6 Å². The van der Waals surface area contributed by atoms with Crippen molar-refractivity contribution in [3.63, 3.8) is 0 Å². The van der Waals surface area contributed by atoms with Crippen LogP contribution in [-0.4, -0.2) is 33.0 Å². The minimum absolute atomic E-state index is 0.203. The zero-order chi connectivity index (χ0) is 13.4. The molecule has 1 rings (SSSR count). The van der Waals surface area contributed by atoms with E-state index in [0.29, 0.717) is 4.88 Å². The highest BCUT2D eigenvalue weighted by atomic mass is 32.1. The summed E-state index contributed by atoms with van der Waals surface area (Å²) in [7, 11) is 3.01. The molecule has 8 heteroatoms. The van der Waals surface area contributed by atoms with Gasteiger partial charge in [-0.3, -0.25) is 4.79 Å². The highest BCUT2D eigenvalue weighted by Gasteiger charge is 2.11. The van der Waals surface area contributed by atoms with Crippen molar-refractivity contribution in [1.29, 1.82) is 0 Å². The van der Waals surface area contributed by atoms with Gasteiger partial charge in [-0.25, -0.2) is 0 Å². The molecular formula is C10H14N4O3S. The third-order valence-corrected chi connectivity index (χ3v) is 3.20. The van der Waals surface area contributed by atoms with Crippen molar-refractivity contribution < 1.29 is 14.3 Å². The Morgan fingerprint density at radius 2 is 2.28 bits per heavy atom. The lowest BCUT2D eigenvalue weighted by atomic mass is 10.4. The number of hydrogen-bond acceptors (Lipinski definition) is 5. The van der Waals surface area contributed by atoms with Crippen molar-refractivity contribution in [2.45, 2.75) is 12.8 Å². The van der Waals surface area contributed by atoms with Gasteiger partial charge in [-0.15, -0.1) is 11.3 Å². The molecule has 0 saturated heterocycles. The Labute approximate surface area is 108 Å². The first-order chi connectivity index (χ1) is 8.71. The molecule has 0 aliphatic carbocycles. The molecule has 0 fully saturated rings. The lowest BCUT2D eigenvalue weighted by molar-refractivity contribution is -0.0974. The molecular weight excluding hydrogens is 256 g/mol. The van der Waals surface area contributed by atoms with Gasteiger partial charge >= 0.3 is 0 Å². The van der Waals surface area contributed by atoms with Crippen molar-refractivity contribution in [1.82, 2.24) is 5.32 Å². The second kappa shape index (κ2) is 7.67. The first-order valence-corrected chi connectivity index (χ1v) is 5.96. The van der Waals surface area contributed by atoms with Gasteiger partial charge in [-0.05, 0) is 17.7 Å². The molecule has 98 valence electrons. The fraction of sp³-hybridized carbons (Fsp3) is 0.500. The lowest BCUT2D eigenvalue weighted by Crippen LogP contribution is -2.33. The minimum atomic E-state index is -0.462. The second-order valence-electron chi connectivity index (χ2n) is 3.27. The van der Waals surface area contributed by atoms with Gasteiger partial charge in [-0.2, -0.15) is 0 Å². The number of thiophene rings is 1. The average Bonchev–Trinajstić information content (AvgIpc) is 2.86. The van der Waals surface area contributed by atoms with E-state index in [9.17, 15) is 4.79 Å². The third-order valence-electron chi connectivity index (χ3n) is 2.13. The van der Waals surface area contributed by atoms with Gasteiger partial charge in [0.25, 0.3) is 5.91 Å². The van der Waals surface area contributed by atoms with Crippen molar-refractivity contribution in [3.05, 3.63) is 32.3 Å². The Kier molecular flexibility index (Phi) is 6.16. The van der Waals surface area contributed by atoms with Crippen molar-refractivity contribution in [2.75, 3.05) is 20.8 Å². The first kappa shape index (κ1) is 14.5. The number of azide groups is 1. The first-order valence-electron chi connectivity index (χ1n) is 5.14. The fourth-order valence-corrected chi connectivity index (χ4v) is 2.05. The van der Waals surface area contributed by atoms with E-state index in [4.69, 9.17) is 15.0 Å². The molecule has 7 nitrogen and oxygen atoms in total. The van der Waals surface area contributed by atoms with E-state index >= 15 is 0 Å². The third kappa shape index (κ3) is 4.34. The van der Waals surface area contributed by atoms with Crippen LogP contribution in [-0.2, 0) is 16.0 Å². The van der Waals surface area contributed by atoms with Gasteiger partial charge in [0.1, 0.15) is 0 Å². The highest BCUT2D eigenvalue weighted by Crippen LogP contribution is 2.17. The quantitative estimate of drug-likeness (QED) is 0.354. The van der Waals surface area contributed by atoms with Gasteiger partial charge in [0.05, 0.1) is 18.0 Å². The number of nitrogens with one attached hydrogen (secondary N) is 1. The van der Waals surface area contributed by atoms with Gasteiger partial charge in [-0.1, -0.05) is 5.11 Å². The van der Waals surface area contributed by atoms with Gasteiger partial charge in [0.15, 0.2) is 6.29 Å². The molecule has 0 spiro atoms. The smallest absolute Gasteiger partial charge is 0.261 e. The molecule has 18 heavy (non-hydrogen) atoms. The summed E-state index contributed by atoms with van der Waals surface area (Å²) in [5, 5.41) is 6.12. The Hall–Kier alpha value is -1.60. The molecule has 0 unspecified atom stereocenters. The Bertz CT molecular complexity index is 438. The lowest BCUT2D eigenvalue weighted by Gasteiger charge is -2.13. The Balaban J connectivity index is 2.51. The number of methoxy groups -OCH3 is 2. The van der Waals surface area contributed by atoms with Crippen LogP contribution in [0.3, 0.4) is 0 Å². The van der Waals surface area contributed by atoms with Crippen LogP contribution in [0.1, 0.15) is 14.5 Å². The van der Waals surface area contributed by atoms with Crippen LogP contribution < -0.4 is 5.32 Å². The van der Waals surface area contributed by atoms with E-state index in [-0.39, 0.29) is 19.0 Å². The van der Waals surface area contributed by atoms with E-state index < -0.39 is 6.29 Å². The zero-order valence-corrected chi connectivity index (χ0v) is 10.9. The topological polar surface area (TPSA) is 96.3 Å². The number of amides is 1. The van der Waals surface area contributed by atoms with E-state index in [1.807, 2.05) is 0 Å². The summed E-state index contributed by atoms with van der Waals surface area (Å²) in [5.74, 6) is -0.203. The summed E-state index contributed by atoms with van der Waals surface area (Å²) in [6.45, 7) is 0.530. The molecule has 0 radical (unpaired) electrons. The monoisotopic (exact) mass is 270 g/mol. The molecule has 1 aromatic rings. The van der Waals surface area contributed by atoms with Crippen LogP contribution in [0.5, 0.6) is 0 Å². The summed E-state index contributed by atoms with van der Waals surface area (Å²) in [6, 6.07) is 3.45. The standard InChI is InChI=1S/C10H14N4O3S/c1-16-9(17-2)6-12-10(15)8-4-3-7(18-8)5-13-14-11/h3-4,9H,5-6H2,1-2H3,(H,12,15). The molecule has 0 aliphatic rings. The summed E-state index contributed by atoms with van der Waals surface area (Å²) < 4.78 is 9.91. The van der Waals surface area contributed by atoms with E-state index in [2.05, 4.69) is 15.3 Å². The molecule has 1 N–H and O–H groups in total. The maximum atomic E-state index is 11.8. The van der Waals surface area contributed by atoms with Crippen molar-refractivity contribution in [3.8, 4) is 0 Å². The molecule has 0 atom stereocenters. The highest BCUT2D eigenvalue weighted by molar-refractivity contribution is 7.14. The Morgan fingerprint density at radius 1 is 1.56 bits per heavy atom. The summed E-state index contributed by atoms with van der Waals surface area (Å²) in [5.41, 5.74) is 8.20. The van der Waals surface area contributed by atoms with Gasteiger partial charge in [0, 0.05) is 24.0 Å². The number of hydrogen-bond donors (Lipinski definition) is 1. The van der Waals surface area contributed by atoms with E-state index in [1.54, 1.807) is 12.1 Å².